The molecule has 0 radical (unpaired) electrons. The molecule has 0 saturated heterocycles. The van der Waals surface area contributed by atoms with Crippen molar-refractivity contribution < 1.29 is 19.0 Å². The number of methoxy groups -OCH3 is 3. The van der Waals surface area contributed by atoms with E-state index in [2.05, 4.69) is 5.43 Å². The summed E-state index contributed by atoms with van der Waals surface area (Å²) >= 11 is 0. The summed E-state index contributed by atoms with van der Waals surface area (Å²) < 4.78 is 15.3. The van der Waals surface area contributed by atoms with Gasteiger partial charge in [0.05, 0.1) is 21.3 Å². The predicted octanol–water partition coefficient (Wildman–Crippen LogP) is 0.165. The van der Waals surface area contributed by atoms with Gasteiger partial charge in [-0.2, -0.15) is 0 Å². The van der Waals surface area contributed by atoms with Crippen molar-refractivity contribution in [2.75, 3.05) is 28.4 Å². The predicted molar refractivity (Wildman–Crippen MR) is 67.2 cm³/mol. The molecule has 3 N–H and O–H groups in total. The average Bonchev–Trinajstić information content (AvgIpc) is 2.45. The van der Waals surface area contributed by atoms with E-state index in [9.17, 15) is 4.79 Å². The molecule has 7 nitrogen and oxygen atoms in total. The number of nitrogens with two attached hydrogens (primary N) is 1. The van der Waals surface area contributed by atoms with Gasteiger partial charge < -0.3 is 14.2 Å². The third kappa shape index (κ3) is 4.89. The van der Waals surface area contributed by atoms with Crippen molar-refractivity contribution >= 4 is 6.41 Å². The van der Waals surface area contributed by atoms with E-state index in [1.165, 1.54) is 0 Å². The van der Waals surface area contributed by atoms with Gasteiger partial charge in [0, 0.05) is 7.05 Å². The zero-order valence-corrected chi connectivity index (χ0v) is 11.0. The number of hydrogen-bond acceptors (Lipinski definition) is 6. The highest BCUT2D eigenvalue weighted by atomic mass is 16.5. The molecular weight excluding hydrogens is 238 g/mol. The molecule has 1 aromatic rings. The number of hydrazine groups is 2. The first-order valence-corrected chi connectivity index (χ1v) is 5.06. The van der Waals surface area contributed by atoms with Gasteiger partial charge >= 0.3 is 0 Å². The topological polar surface area (TPSA) is 86.1 Å². The summed E-state index contributed by atoms with van der Waals surface area (Å²) in [5.41, 5.74) is 2.36. The first-order chi connectivity index (χ1) is 8.64. The lowest BCUT2D eigenvalue weighted by atomic mass is 10.3. The van der Waals surface area contributed by atoms with Gasteiger partial charge in [-0.1, -0.05) is 6.07 Å². The normalized spacial score (nSPS) is 8.72. The molecule has 0 atom stereocenters. The van der Waals surface area contributed by atoms with E-state index >= 15 is 0 Å². The molecule has 1 rings (SSSR count). The molecule has 0 aliphatic rings. The van der Waals surface area contributed by atoms with Crippen LogP contribution >= 0.6 is 0 Å². The van der Waals surface area contributed by atoms with Crippen LogP contribution in [0.25, 0.3) is 0 Å². The molecule has 0 aromatic heterocycles. The Hall–Kier alpha value is -1.99. The van der Waals surface area contributed by atoms with Gasteiger partial charge in [-0.3, -0.25) is 4.79 Å². The Morgan fingerprint density at radius 3 is 1.89 bits per heavy atom. The lowest BCUT2D eigenvalue weighted by Gasteiger charge is -2.10. The SMILES string of the molecule is CNN(N)C=O.COc1cccc(OC)c1OC. The van der Waals surface area contributed by atoms with E-state index in [1.54, 1.807) is 28.4 Å². The fourth-order valence-electron chi connectivity index (χ4n) is 1.07. The van der Waals surface area contributed by atoms with E-state index in [0.29, 0.717) is 23.7 Å². The molecule has 0 spiro atoms. The summed E-state index contributed by atoms with van der Waals surface area (Å²) in [7, 11) is 6.32. The van der Waals surface area contributed by atoms with Crippen LogP contribution in [0.2, 0.25) is 0 Å². The fourth-order valence-corrected chi connectivity index (χ4v) is 1.07. The van der Waals surface area contributed by atoms with Crippen molar-refractivity contribution in [1.82, 2.24) is 10.5 Å². The highest BCUT2D eigenvalue weighted by molar-refractivity contribution is 5.50. The number of nitrogens with zero attached hydrogens (tertiary/aromatic N) is 1. The minimum absolute atomic E-state index is 0.472. The lowest BCUT2D eigenvalue weighted by molar-refractivity contribution is -0.120. The van der Waals surface area contributed by atoms with Crippen LogP contribution in [0.5, 0.6) is 17.2 Å². The Bertz CT molecular complexity index is 338. The molecule has 0 heterocycles. The van der Waals surface area contributed by atoms with Gasteiger partial charge in [0.15, 0.2) is 11.5 Å². The minimum Gasteiger partial charge on any atom is -0.493 e. The Labute approximate surface area is 106 Å². The molecule has 0 aliphatic carbocycles. The third-order valence-electron chi connectivity index (χ3n) is 1.96. The first kappa shape index (κ1) is 16.0. The molecule has 0 saturated carbocycles. The second kappa shape index (κ2) is 9.08. The van der Waals surface area contributed by atoms with E-state index in [4.69, 9.17) is 20.1 Å². The summed E-state index contributed by atoms with van der Waals surface area (Å²) in [6.07, 6.45) is 0.472. The lowest BCUT2D eigenvalue weighted by Crippen LogP contribution is -2.39. The molecule has 18 heavy (non-hydrogen) atoms. The maximum atomic E-state index is 9.47. The molecule has 0 unspecified atom stereocenters. The number of para-hydroxylation sites is 1. The van der Waals surface area contributed by atoms with E-state index < -0.39 is 0 Å². The fraction of sp³-hybridized carbons (Fsp3) is 0.364. The van der Waals surface area contributed by atoms with Crippen LogP contribution in [0.3, 0.4) is 0 Å². The number of nitrogens with one attached hydrogen (secondary N) is 1. The Kier molecular flexibility index (Phi) is 8.08. The number of carbonyl (C=O) groups excluding carboxylic acids is 1. The molecule has 0 aliphatic heterocycles. The summed E-state index contributed by atoms with van der Waals surface area (Å²) in [5.74, 6) is 6.81. The van der Waals surface area contributed by atoms with Crippen LogP contribution in [-0.4, -0.2) is 39.9 Å². The number of benzene rings is 1. The molecule has 0 fully saturated rings. The number of hydrogen-bond donors (Lipinski definition) is 2. The summed E-state index contributed by atoms with van der Waals surface area (Å²) in [6, 6.07) is 5.49. The van der Waals surface area contributed by atoms with Gasteiger partial charge in [-0.15, -0.1) is 0 Å². The number of amides is 1. The van der Waals surface area contributed by atoms with Crippen LogP contribution in [0.4, 0.5) is 0 Å². The Morgan fingerprint density at radius 2 is 1.67 bits per heavy atom. The van der Waals surface area contributed by atoms with Gasteiger partial charge in [0.25, 0.3) is 0 Å². The van der Waals surface area contributed by atoms with Crippen LogP contribution < -0.4 is 25.5 Å². The van der Waals surface area contributed by atoms with Gasteiger partial charge in [0.1, 0.15) is 0 Å². The summed E-state index contributed by atoms with van der Waals surface area (Å²) in [5, 5.41) is 0.819. The van der Waals surface area contributed by atoms with Crippen molar-refractivity contribution in [1.29, 1.82) is 0 Å². The van der Waals surface area contributed by atoms with E-state index in [1.807, 2.05) is 18.2 Å². The van der Waals surface area contributed by atoms with Crippen molar-refractivity contribution in [3.63, 3.8) is 0 Å². The zero-order chi connectivity index (χ0) is 14.0. The van der Waals surface area contributed by atoms with Crippen molar-refractivity contribution in [2.45, 2.75) is 0 Å². The number of ether oxygens (including phenoxy) is 3. The number of carbonyl (C=O) groups is 1. The Morgan fingerprint density at radius 1 is 1.17 bits per heavy atom. The van der Waals surface area contributed by atoms with Crippen molar-refractivity contribution in [3.8, 4) is 17.2 Å². The molecule has 7 heteroatoms. The maximum Gasteiger partial charge on any atom is 0.238 e. The van der Waals surface area contributed by atoms with Crippen LogP contribution in [0, 0.1) is 0 Å². The van der Waals surface area contributed by atoms with Crippen molar-refractivity contribution in [3.05, 3.63) is 18.2 Å². The van der Waals surface area contributed by atoms with Crippen LogP contribution in [0.15, 0.2) is 18.2 Å². The number of rotatable bonds is 5. The minimum atomic E-state index is 0.472. The van der Waals surface area contributed by atoms with Crippen LogP contribution in [-0.2, 0) is 4.79 Å². The summed E-state index contributed by atoms with van der Waals surface area (Å²) in [6.45, 7) is 0. The molecule has 1 aromatic carbocycles. The Balaban J connectivity index is 0.000000411. The first-order valence-electron chi connectivity index (χ1n) is 5.06. The van der Waals surface area contributed by atoms with E-state index in [-0.39, 0.29) is 0 Å². The van der Waals surface area contributed by atoms with Gasteiger partial charge in [0.2, 0.25) is 12.2 Å². The second-order valence-corrected chi connectivity index (χ2v) is 2.93. The van der Waals surface area contributed by atoms with Gasteiger partial charge in [-0.25, -0.2) is 16.4 Å². The second-order valence-electron chi connectivity index (χ2n) is 2.93. The maximum absolute atomic E-state index is 9.47. The molecule has 102 valence electrons. The highest BCUT2D eigenvalue weighted by Gasteiger charge is 2.08. The quantitative estimate of drug-likeness (QED) is 0.338. The van der Waals surface area contributed by atoms with E-state index in [0.717, 1.165) is 5.12 Å². The smallest absolute Gasteiger partial charge is 0.238 e. The largest absolute Gasteiger partial charge is 0.493 e. The van der Waals surface area contributed by atoms with Crippen molar-refractivity contribution in [2.24, 2.45) is 5.84 Å². The molecule has 1 amide bonds. The third-order valence-corrected chi connectivity index (χ3v) is 1.96. The molecule has 0 bridgehead atoms. The molecular formula is C11H19N3O4. The monoisotopic (exact) mass is 257 g/mol. The van der Waals surface area contributed by atoms with Crippen LogP contribution in [0.1, 0.15) is 0 Å². The average molecular weight is 257 g/mol. The zero-order valence-electron chi connectivity index (χ0n) is 11.0. The highest BCUT2D eigenvalue weighted by Crippen LogP contribution is 2.35. The standard InChI is InChI=1S/C9H12O3.C2H7N3O/c1-10-7-5-4-6-8(11-2)9(7)12-3;1-4-5(3)2-6/h4-6H,1-3H3;2,4H,3H2,1H3. The summed E-state index contributed by atoms with van der Waals surface area (Å²) in [4.78, 5) is 9.47. The van der Waals surface area contributed by atoms with Gasteiger partial charge in [-0.05, 0) is 12.1 Å².